The second kappa shape index (κ2) is 12.6. The number of morpholine rings is 1. The molecule has 0 radical (unpaired) electrons. The van der Waals surface area contributed by atoms with Gasteiger partial charge in [0.1, 0.15) is 12.4 Å². The highest BCUT2D eigenvalue weighted by molar-refractivity contribution is 5.85. The first kappa shape index (κ1) is 21.0. The number of hydrogen-bond donors (Lipinski definition) is 1. The number of ether oxygens (including phenoxy) is 2. The molecule has 1 aliphatic rings. The first-order valence-corrected chi connectivity index (χ1v) is 7.04. The summed E-state index contributed by atoms with van der Waals surface area (Å²) in [5.41, 5.74) is 1.25. The lowest BCUT2D eigenvalue weighted by Gasteiger charge is -2.26. The molecule has 1 saturated heterocycles. The molecule has 124 valence electrons. The van der Waals surface area contributed by atoms with Gasteiger partial charge in [0.15, 0.2) is 0 Å². The third kappa shape index (κ3) is 7.88. The molecular formula is C16H24Cl2N2O2. The Kier molecular flexibility index (Phi) is 12.0. The summed E-state index contributed by atoms with van der Waals surface area (Å²) in [4.78, 5) is 2.42. The van der Waals surface area contributed by atoms with Crippen molar-refractivity contribution in [1.82, 2.24) is 10.2 Å². The van der Waals surface area contributed by atoms with E-state index in [2.05, 4.69) is 28.3 Å². The molecule has 0 unspecified atom stereocenters. The van der Waals surface area contributed by atoms with Crippen LogP contribution in [0.3, 0.4) is 0 Å². The number of nitrogens with zero attached hydrogens (tertiary/aromatic N) is 1. The number of nitrogens with one attached hydrogen (secondary N) is 1. The summed E-state index contributed by atoms with van der Waals surface area (Å²) in [6, 6.07) is 8.04. The van der Waals surface area contributed by atoms with Gasteiger partial charge < -0.3 is 14.8 Å². The second-order valence-corrected chi connectivity index (χ2v) is 4.77. The first-order chi connectivity index (χ1) is 9.88. The minimum absolute atomic E-state index is 0. The maximum absolute atomic E-state index is 5.34. The van der Waals surface area contributed by atoms with Gasteiger partial charge in [-0.3, -0.25) is 4.90 Å². The fraction of sp³-hybridized carbons (Fsp3) is 0.500. The summed E-state index contributed by atoms with van der Waals surface area (Å²) in [5, 5.41) is 3.46. The van der Waals surface area contributed by atoms with Gasteiger partial charge in [0.05, 0.1) is 13.2 Å². The van der Waals surface area contributed by atoms with E-state index in [0.29, 0.717) is 6.61 Å². The van der Waals surface area contributed by atoms with Crippen LogP contribution in [0, 0.1) is 12.3 Å². The Morgan fingerprint density at radius 1 is 1.18 bits per heavy atom. The van der Waals surface area contributed by atoms with E-state index in [4.69, 9.17) is 15.9 Å². The predicted octanol–water partition coefficient (Wildman–Crippen LogP) is 1.96. The molecule has 1 fully saturated rings. The standard InChI is InChI=1S/C16H22N2O2.2ClH/c1-2-11-20-16-5-3-15(4-6-16)14-17-7-8-18-9-12-19-13-10-18;;/h1,3-6,17H,7-14H2;2*1H. The maximum atomic E-state index is 5.34. The average molecular weight is 347 g/mol. The van der Waals surface area contributed by atoms with Crippen molar-refractivity contribution in [1.29, 1.82) is 0 Å². The molecule has 1 aliphatic heterocycles. The van der Waals surface area contributed by atoms with E-state index in [1.54, 1.807) is 0 Å². The Labute approximate surface area is 145 Å². The molecule has 0 spiro atoms. The van der Waals surface area contributed by atoms with Crippen LogP contribution in [0.4, 0.5) is 0 Å². The minimum Gasteiger partial charge on any atom is -0.481 e. The van der Waals surface area contributed by atoms with Gasteiger partial charge in [-0.25, -0.2) is 0 Å². The molecule has 1 aromatic carbocycles. The lowest BCUT2D eigenvalue weighted by Crippen LogP contribution is -2.40. The summed E-state index contributed by atoms with van der Waals surface area (Å²) in [5.74, 6) is 3.28. The zero-order chi connectivity index (χ0) is 14.0. The highest BCUT2D eigenvalue weighted by atomic mass is 35.5. The number of hydrogen-bond acceptors (Lipinski definition) is 4. The monoisotopic (exact) mass is 346 g/mol. The van der Waals surface area contributed by atoms with Gasteiger partial charge in [-0.15, -0.1) is 31.2 Å². The molecule has 0 saturated carbocycles. The molecular weight excluding hydrogens is 323 g/mol. The molecule has 0 amide bonds. The third-order valence-corrected chi connectivity index (χ3v) is 3.28. The molecule has 1 N–H and O–H groups in total. The fourth-order valence-electron chi connectivity index (χ4n) is 2.12. The van der Waals surface area contributed by atoms with Crippen LogP contribution in [0.1, 0.15) is 5.56 Å². The summed E-state index contributed by atoms with van der Waals surface area (Å²) in [6.45, 7) is 7.07. The molecule has 0 aromatic heterocycles. The van der Waals surface area contributed by atoms with Crippen LogP contribution in [0.5, 0.6) is 5.75 Å². The number of halogens is 2. The molecule has 0 bridgehead atoms. The Morgan fingerprint density at radius 3 is 2.50 bits per heavy atom. The number of benzene rings is 1. The van der Waals surface area contributed by atoms with Crippen LogP contribution in [0.25, 0.3) is 0 Å². The summed E-state index contributed by atoms with van der Waals surface area (Å²) in [7, 11) is 0. The second-order valence-electron chi connectivity index (χ2n) is 4.77. The van der Waals surface area contributed by atoms with Crippen molar-refractivity contribution in [3.63, 3.8) is 0 Å². The SMILES string of the molecule is C#CCOc1ccc(CNCCN2CCOCC2)cc1.Cl.Cl. The van der Waals surface area contributed by atoms with Crippen LogP contribution in [-0.2, 0) is 11.3 Å². The maximum Gasteiger partial charge on any atom is 0.148 e. The molecule has 1 aromatic rings. The van der Waals surface area contributed by atoms with Crippen LogP contribution in [0.2, 0.25) is 0 Å². The first-order valence-electron chi connectivity index (χ1n) is 7.04. The third-order valence-electron chi connectivity index (χ3n) is 3.28. The van der Waals surface area contributed by atoms with E-state index in [1.807, 2.05) is 12.1 Å². The lowest BCUT2D eigenvalue weighted by molar-refractivity contribution is 0.0384. The Morgan fingerprint density at radius 2 is 1.86 bits per heavy atom. The van der Waals surface area contributed by atoms with Crippen molar-refractivity contribution in [2.45, 2.75) is 6.54 Å². The summed E-state index contributed by atoms with van der Waals surface area (Å²) in [6.07, 6.45) is 5.15. The van der Waals surface area contributed by atoms with Crippen molar-refractivity contribution in [3.05, 3.63) is 29.8 Å². The molecule has 22 heavy (non-hydrogen) atoms. The van der Waals surface area contributed by atoms with Gasteiger partial charge in [-0.05, 0) is 17.7 Å². The summed E-state index contributed by atoms with van der Waals surface area (Å²) < 4.78 is 10.7. The van der Waals surface area contributed by atoms with E-state index < -0.39 is 0 Å². The average Bonchev–Trinajstić information content (AvgIpc) is 2.52. The predicted molar refractivity (Wildman–Crippen MR) is 94.2 cm³/mol. The van der Waals surface area contributed by atoms with Crippen molar-refractivity contribution in [2.75, 3.05) is 46.0 Å². The Balaban J connectivity index is 0.00000220. The molecule has 0 atom stereocenters. The van der Waals surface area contributed by atoms with E-state index in [1.165, 1.54) is 5.56 Å². The molecule has 0 aliphatic carbocycles. The van der Waals surface area contributed by atoms with Gasteiger partial charge >= 0.3 is 0 Å². The molecule has 2 rings (SSSR count). The van der Waals surface area contributed by atoms with Gasteiger partial charge in [-0.2, -0.15) is 0 Å². The highest BCUT2D eigenvalue weighted by Gasteiger charge is 2.08. The van der Waals surface area contributed by atoms with E-state index in [-0.39, 0.29) is 24.8 Å². The van der Waals surface area contributed by atoms with E-state index in [0.717, 1.165) is 51.7 Å². The van der Waals surface area contributed by atoms with Crippen molar-refractivity contribution < 1.29 is 9.47 Å². The number of rotatable bonds is 7. The fourth-order valence-corrected chi connectivity index (χ4v) is 2.12. The summed E-state index contributed by atoms with van der Waals surface area (Å²) >= 11 is 0. The Hall–Kier alpha value is -0.960. The minimum atomic E-state index is 0. The molecule has 1 heterocycles. The molecule has 4 nitrogen and oxygen atoms in total. The van der Waals surface area contributed by atoms with Crippen LogP contribution in [-0.4, -0.2) is 50.9 Å². The van der Waals surface area contributed by atoms with Crippen LogP contribution in [0.15, 0.2) is 24.3 Å². The van der Waals surface area contributed by atoms with Crippen LogP contribution < -0.4 is 10.1 Å². The Bertz CT molecular complexity index is 429. The van der Waals surface area contributed by atoms with Gasteiger partial charge in [0.25, 0.3) is 0 Å². The largest absolute Gasteiger partial charge is 0.481 e. The lowest BCUT2D eigenvalue weighted by atomic mass is 10.2. The zero-order valence-electron chi connectivity index (χ0n) is 12.6. The smallest absolute Gasteiger partial charge is 0.148 e. The molecule has 6 heteroatoms. The van der Waals surface area contributed by atoms with Gasteiger partial charge in [-0.1, -0.05) is 18.1 Å². The van der Waals surface area contributed by atoms with Gasteiger partial charge in [0, 0.05) is 32.7 Å². The quantitative estimate of drug-likeness (QED) is 0.604. The van der Waals surface area contributed by atoms with E-state index in [9.17, 15) is 0 Å². The normalized spacial score (nSPS) is 14.3. The topological polar surface area (TPSA) is 33.7 Å². The van der Waals surface area contributed by atoms with Crippen molar-refractivity contribution in [3.8, 4) is 18.1 Å². The van der Waals surface area contributed by atoms with Crippen molar-refractivity contribution in [2.24, 2.45) is 0 Å². The number of terminal acetylenes is 1. The van der Waals surface area contributed by atoms with Crippen molar-refractivity contribution >= 4 is 24.8 Å². The van der Waals surface area contributed by atoms with Crippen LogP contribution >= 0.6 is 24.8 Å². The zero-order valence-corrected chi connectivity index (χ0v) is 14.3. The van der Waals surface area contributed by atoms with Gasteiger partial charge in [0.2, 0.25) is 0 Å². The highest BCUT2D eigenvalue weighted by Crippen LogP contribution is 2.11. The van der Waals surface area contributed by atoms with E-state index >= 15 is 0 Å².